The summed E-state index contributed by atoms with van der Waals surface area (Å²) in [6.07, 6.45) is 7.11. The van der Waals surface area contributed by atoms with Gasteiger partial charge in [0.05, 0.1) is 7.11 Å². The molecule has 0 heterocycles. The van der Waals surface area contributed by atoms with Gasteiger partial charge in [0.15, 0.2) is 0 Å². The molecule has 0 aromatic carbocycles. The van der Waals surface area contributed by atoms with Crippen LogP contribution in [0.4, 0.5) is 9.59 Å². The highest BCUT2D eigenvalue weighted by molar-refractivity contribution is 7.97. The van der Waals surface area contributed by atoms with Gasteiger partial charge in [-0.15, -0.1) is 0 Å². The number of nitrogens with zero attached hydrogens (tertiary/aromatic N) is 2. The molecule has 22 heavy (non-hydrogen) atoms. The third-order valence-corrected chi connectivity index (χ3v) is 3.74. The van der Waals surface area contributed by atoms with Crippen LogP contribution in [-0.4, -0.2) is 54.8 Å². The Hall–Kier alpha value is -1.44. The van der Waals surface area contributed by atoms with Crippen LogP contribution in [0.15, 0.2) is 0 Å². The van der Waals surface area contributed by atoms with E-state index in [0.29, 0.717) is 4.90 Å². The number of unbranched alkanes of at least 4 members (excludes halogenated alkanes) is 5. The van der Waals surface area contributed by atoms with Gasteiger partial charge in [0.25, 0.3) is 0 Å². The smallest absolute Gasteiger partial charge is 0.343 e. The van der Waals surface area contributed by atoms with Crippen molar-refractivity contribution in [3.8, 4) is 0 Å². The van der Waals surface area contributed by atoms with Crippen molar-refractivity contribution in [3.05, 3.63) is 0 Å². The van der Waals surface area contributed by atoms with E-state index in [-0.39, 0.29) is 0 Å². The van der Waals surface area contributed by atoms with Gasteiger partial charge in [-0.2, -0.15) is 4.90 Å². The number of carbonyl (C=O) groups is 2. The van der Waals surface area contributed by atoms with Crippen molar-refractivity contribution in [2.75, 3.05) is 27.0 Å². The number of amidine groups is 1. The van der Waals surface area contributed by atoms with E-state index in [1.807, 2.05) is 0 Å². The molecule has 0 saturated carbocycles. The molecule has 0 spiro atoms. The van der Waals surface area contributed by atoms with Gasteiger partial charge < -0.3 is 9.64 Å². The van der Waals surface area contributed by atoms with Crippen LogP contribution in [0.3, 0.4) is 0 Å². The van der Waals surface area contributed by atoms with E-state index in [4.69, 9.17) is 5.41 Å². The van der Waals surface area contributed by atoms with Gasteiger partial charge in [0.2, 0.25) is 0 Å². The third kappa shape index (κ3) is 8.11. The lowest BCUT2D eigenvalue weighted by Crippen LogP contribution is -2.50. The lowest BCUT2D eigenvalue weighted by molar-refractivity contribution is 0.180. The highest BCUT2D eigenvalue weighted by Crippen LogP contribution is 2.09. The molecular weight excluding hydrogens is 304 g/mol. The Labute approximate surface area is 137 Å². The fourth-order valence-electron chi connectivity index (χ4n) is 1.67. The van der Waals surface area contributed by atoms with Crippen molar-refractivity contribution in [1.29, 1.82) is 5.41 Å². The Morgan fingerprint density at radius 3 is 2.27 bits per heavy atom. The number of ether oxygens (including phenoxy) is 1. The normalized spacial score (nSPS) is 10.0. The van der Waals surface area contributed by atoms with Crippen molar-refractivity contribution in [1.82, 2.24) is 14.5 Å². The second-order valence-corrected chi connectivity index (χ2v) is 5.95. The van der Waals surface area contributed by atoms with Crippen LogP contribution in [0.1, 0.15) is 45.4 Å². The quantitative estimate of drug-likeness (QED) is 0.309. The Morgan fingerprint density at radius 2 is 1.73 bits per heavy atom. The molecule has 0 aromatic heterocycles. The minimum atomic E-state index is -0.665. The molecule has 4 amide bonds. The first kappa shape index (κ1) is 20.6. The summed E-state index contributed by atoms with van der Waals surface area (Å²) < 4.78 is 7.25. The van der Waals surface area contributed by atoms with Gasteiger partial charge in [-0.25, -0.2) is 9.59 Å². The van der Waals surface area contributed by atoms with Crippen molar-refractivity contribution < 1.29 is 14.3 Å². The fourth-order valence-corrected chi connectivity index (χ4v) is 2.34. The predicted octanol–water partition coefficient (Wildman–Crippen LogP) is 3.27. The second kappa shape index (κ2) is 12.1. The van der Waals surface area contributed by atoms with Crippen molar-refractivity contribution in [2.24, 2.45) is 0 Å². The molecule has 0 aromatic rings. The Bertz CT molecular complexity index is 364. The fraction of sp³-hybridized carbons (Fsp3) is 0.786. The minimum absolute atomic E-state index is 0.503. The lowest BCUT2D eigenvalue weighted by Gasteiger charge is -2.23. The van der Waals surface area contributed by atoms with Gasteiger partial charge in [-0.05, 0) is 18.4 Å². The average Bonchev–Trinajstić information content (AvgIpc) is 2.49. The second-order valence-electron chi connectivity index (χ2n) is 5.05. The molecule has 0 aliphatic heterocycles. The third-order valence-electron chi connectivity index (χ3n) is 2.93. The van der Waals surface area contributed by atoms with Crippen molar-refractivity contribution in [2.45, 2.75) is 45.4 Å². The maximum Gasteiger partial charge on any atom is 0.343 e. The molecule has 0 unspecified atom stereocenters. The number of rotatable bonds is 8. The number of methoxy groups -OCH3 is 1. The molecule has 0 bridgehead atoms. The standard InChI is InChI=1S/C14H28N4O3S/c1-5-6-7-8-9-10-11-22-16-13(19)18(12(15)21-4)14(20)17(2)3/h15H,5-11H2,1-4H3,(H,16,19). The first-order chi connectivity index (χ1) is 10.5. The van der Waals surface area contributed by atoms with Gasteiger partial charge >= 0.3 is 18.1 Å². The molecular formula is C14H28N4O3S. The Kier molecular flexibility index (Phi) is 11.3. The molecule has 0 aliphatic carbocycles. The molecule has 7 nitrogen and oxygen atoms in total. The number of urea groups is 2. The van der Waals surface area contributed by atoms with E-state index < -0.39 is 18.1 Å². The highest BCUT2D eigenvalue weighted by atomic mass is 32.2. The monoisotopic (exact) mass is 332 g/mol. The maximum atomic E-state index is 12.0. The van der Waals surface area contributed by atoms with E-state index in [9.17, 15) is 9.59 Å². The molecule has 0 saturated heterocycles. The summed E-state index contributed by atoms with van der Waals surface area (Å²) >= 11 is 1.25. The van der Waals surface area contributed by atoms with Crippen LogP contribution < -0.4 is 4.72 Å². The highest BCUT2D eigenvalue weighted by Gasteiger charge is 2.28. The van der Waals surface area contributed by atoms with Crippen LogP contribution in [0.25, 0.3) is 0 Å². The molecule has 0 radical (unpaired) electrons. The van der Waals surface area contributed by atoms with Crippen LogP contribution in [0.2, 0.25) is 0 Å². The zero-order valence-corrected chi connectivity index (χ0v) is 14.8. The zero-order valence-electron chi connectivity index (χ0n) is 14.0. The first-order valence-electron chi connectivity index (χ1n) is 7.51. The molecule has 0 aliphatic rings. The molecule has 0 rings (SSSR count). The van der Waals surface area contributed by atoms with E-state index in [2.05, 4.69) is 16.4 Å². The van der Waals surface area contributed by atoms with Crippen molar-refractivity contribution >= 4 is 30.0 Å². The maximum absolute atomic E-state index is 12.0. The molecule has 0 atom stereocenters. The number of nitrogens with one attached hydrogen (secondary N) is 2. The Balaban J connectivity index is 4.09. The van der Waals surface area contributed by atoms with E-state index in [1.54, 1.807) is 0 Å². The van der Waals surface area contributed by atoms with Crippen molar-refractivity contribution in [3.63, 3.8) is 0 Å². The van der Waals surface area contributed by atoms with Gasteiger partial charge in [-0.1, -0.05) is 39.0 Å². The van der Waals surface area contributed by atoms with Gasteiger partial charge in [0, 0.05) is 19.8 Å². The van der Waals surface area contributed by atoms with Crippen LogP contribution >= 0.6 is 11.9 Å². The summed E-state index contributed by atoms with van der Waals surface area (Å²) in [5.41, 5.74) is 0. The topological polar surface area (TPSA) is 85.7 Å². The number of amides is 4. The summed E-state index contributed by atoms with van der Waals surface area (Å²) in [6, 6.07) is -1.79. The summed E-state index contributed by atoms with van der Waals surface area (Å²) in [4.78, 5) is 25.7. The number of imide groups is 1. The molecule has 128 valence electrons. The average molecular weight is 332 g/mol. The van der Waals surface area contributed by atoms with Crippen LogP contribution in [0, 0.1) is 5.41 Å². The summed E-state index contributed by atoms with van der Waals surface area (Å²) in [5, 5.41) is 7.55. The van der Waals surface area contributed by atoms with Gasteiger partial charge in [-0.3, -0.25) is 10.1 Å². The SMILES string of the molecule is CCCCCCCCSNC(=O)N(C(=N)OC)C(=O)N(C)C. The van der Waals surface area contributed by atoms with Crippen LogP contribution in [-0.2, 0) is 4.74 Å². The zero-order chi connectivity index (χ0) is 17.0. The number of hydrogen-bond donors (Lipinski definition) is 2. The Morgan fingerprint density at radius 1 is 1.14 bits per heavy atom. The number of hydrogen-bond acceptors (Lipinski definition) is 5. The number of carbonyl (C=O) groups excluding carboxylic acids is 2. The molecule has 8 heteroatoms. The summed E-state index contributed by atoms with van der Waals surface area (Å²) in [6.45, 7) is 2.18. The first-order valence-corrected chi connectivity index (χ1v) is 8.49. The van der Waals surface area contributed by atoms with E-state index >= 15 is 0 Å². The predicted molar refractivity (Wildman–Crippen MR) is 90.0 cm³/mol. The molecule has 2 N–H and O–H groups in total. The van der Waals surface area contributed by atoms with Crippen LogP contribution in [0.5, 0.6) is 0 Å². The molecule has 0 fully saturated rings. The van der Waals surface area contributed by atoms with E-state index in [0.717, 1.165) is 18.6 Å². The summed E-state index contributed by atoms with van der Waals surface area (Å²) in [7, 11) is 4.26. The van der Waals surface area contributed by atoms with E-state index in [1.165, 1.54) is 63.7 Å². The van der Waals surface area contributed by atoms with Gasteiger partial charge in [0.1, 0.15) is 0 Å². The largest absolute Gasteiger partial charge is 0.468 e. The summed E-state index contributed by atoms with van der Waals surface area (Å²) in [5.74, 6) is 0.780. The minimum Gasteiger partial charge on any atom is -0.468 e. The lowest BCUT2D eigenvalue weighted by atomic mass is 10.1.